The van der Waals surface area contributed by atoms with Gasteiger partial charge >= 0.3 is 0 Å². The molecular formula is C18H26N4O. The molecule has 4 heterocycles. The van der Waals surface area contributed by atoms with Crippen LogP contribution in [0.15, 0.2) is 18.3 Å². The minimum atomic E-state index is 0.0463. The Morgan fingerprint density at radius 1 is 1.17 bits per heavy atom. The van der Waals surface area contributed by atoms with Gasteiger partial charge in [0.05, 0.1) is 5.56 Å². The maximum absolute atomic E-state index is 12.8. The van der Waals surface area contributed by atoms with E-state index in [1.807, 2.05) is 12.1 Å². The molecular weight excluding hydrogens is 288 g/mol. The molecule has 0 spiro atoms. The molecule has 2 atom stereocenters. The summed E-state index contributed by atoms with van der Waals surface area (Å²) in [5, 5.41) is 6.89. The minimum Gasteiger partial charge on any atom is -0.356 e. The maximum Gasteiger partial charge on any atom is 0.255 e. The van der Waals surface area contributed by atoms with Crippen molar-refractivity contribution in [2.75, 3.05) is 18.0 Å². The van der Waals surface area contributed by atoms with Crippen LogP contribution < -0.4 is 15.5 Å². The van der Waals surface area contributed by atoms with Crippen molar-refractivity contribution in [1.29, 1.82) is 0 Å². The predicted molar refractivity (Wildman–Crippen MR) is 90.7 cm³/mol. The van der Waals surface area contributed by atoms with Gasteiger partial charge in [0.1, 0.15) is 5.82 Å². The number of carbonyl (C=O) groups excluding carboxylic acids is 1. The first-order valence-electron chi connectivity index (χ1n) is 9.06. The summed E-state index contributed by atoms with van der Waals surface area (Å²) in [5.74, 6) is 0.909. The van der Waals surface area contributed by atoms with E-state index in [2.05, 4.69) is 20.5 Å². The van der Waals surface area contributed by atoms with Gasteiger partial charge in [-0.25, -0.2) is 4.98 Å². The highest BCUT2D eigenvalue weighted by Crippen LogP contribution is 2.27. The molecule has 0 saturated carbocycles. The molecule has 3 aliphatic rings. The summed E-state index contributed by atoms with van der Waals surface area (Å²) in [6, 6.07) is 5.27. The van der Waals surface area contributed by atoms with Gasteiger partial charge in [-0.3, -0.25) is 4.79 Å². The summed E-state index contributed by atoms with van der Waals surface area (Å²) in [6.45, 7) is 2.02. The number of hydrogen-bond acceptors (Lipinski definition) is 4. The Bertz CT molecular complexity index is 558. The topological polar surface area (TPSA) is 57.3 Å². The molecule has 1 aromatic heterocycles. The lowest BCUT2D eigenvalue weighted by Gasteiger charge is -2.31. The second-order valence-electron chi connectivity index (χ2n) is 7.20. The zero-order valence-electron chi connectivity index (χ0n) is 13.6. The number of nitrogens with zero attached hydrogens (tertiary/aromatic N) is 2. The molecule has 124 valence electrons. The number of fused-ring (bicyclic) bond motifs is 2. The molecule has 5 heteroatoms. The van der Waals surface area contributed by atoms with Crippen LogP contribution in [0.2, 0.25) is 0 Å². The van der Waals surface area contributed by atoms with Crippen molar-refractivity contribution in [1.82, 2.24) is 15.6 Å². The monoisotopic (exact) mass is 314 g/mol. The number of aromatic nitrogens is 1. The third kappa shape index (κ3) is 3.20. The molecule has 1 aromatic rings. The van der Waals surface area contributed by atoms with E-state index in [0.29, 0.717) is 18.1 Å². The molecule has 0 radical (unpaired) electrons. The summed E-state index contributed by atoms with van der Waals surface area (Å²) in [6.07, 6.45) is 10.1. The van der Waals surface area contributed by atoms with Gasteiger partial charge in [0.25, 0.3) is 5.91 Å². The lowest BCUT2D eigenvalue weighted by Crippen LogP contribution is -2.48. The summed E-state index contributed by atoms with van der Waals surface area (Å²) in [5.41, 5.74) is 0.736. The Hall–Kier alpha value is -1.62. The Balaban J connectivity index is 1.47. The Kier molecular flexibility index (Phi) is 4.21. The molecule has 4 rings (SSSR count). The van der Waals surface area contributed by atoms with Gasteiger partial charge in [0, 0.05) is 37.4 Å². The van der Waals surface area contributed by atoms with Crippen molar-refractivity contribution in [2.45, 2.75) is 63.1 Å². The van der Waals surface area contributed by atoms with E-state index in [1.54, 1.807) is 6.20 Å². The number of hydrogen-bond donors (Lipinski definition) is 2. The largest absolute Gasteiger partial charge is 0.356 e. The lowest BCUT2D eigenvalue weighted by atomic mass is 9.99. The van der Waals surface area contributed by atoms with E-state index >= 15 is 0 Å². The maximum atomic E-state index is 12.8. The van der Waals surface area contributed by atoms with Gasteiger partial charge in [0.15, 0.2) is 0 Å². The Labute approximate surface area is 137 Å². The van der Waals surface area contributed by atoms with Crippen LogP contribution in [0, 0.1) is 0 Å². The van der Waals surface area contributed by atoms with Crippen molar-refractivity contribution in [3.8, 4) is 0 Å². The predicted octanol–water partition coefficient (Wildman–Crippen LogP) is 2.08. The minimum absolute atomic E-state index is 0.0463. The third-order valence-corrected chi connectivity index (χ3v) is 5.50. The third-order valence-electron chi connectivity index (χ3n) is 5.50. The molecule has 2 bridgehead atoms. The van der Waals surface area contributed by atoms with Gasteiger partial charge < -0.3 is 15.5 Å². The average Bonchev–Trinajstić information content (AvgIpc) is 2.94. The highest BCUT2D eigenvalue weighted by atomic mass is 16.1. The number of carbonyl (C=O) groups is 1. The van der Waals surface area contributed by atoms with Gasteiger partial charge in [-0.15, -0.1) is 0 Å². The summed E-state index contributed by atoms with van der Waals surface area (Å²) in [4.78, 5) is 19.6. The first-order valence-corrected chi connectivity index (χ1v) is 9.06. The Morgan fingerprint density at radius 2 is 1.91 bits per heavy atom. The molecule has 23 heavy (non-hydrogen) atoms. The van der Waals surface area contributed by atoms with Crippen LogP contribution in [-0.4, -0.2) is 42.1 Å². The summed E-state index contributed by atoms with van der Waals surface area (Å²) >= 11 is 0. The van der Waals surface area contributed by atoms with Crippen LogP contribution in [0.25, 0.3) is 0 Å². The van der Waals surface area contributed by atoms with Crippen molar-refractivity contribution >= 4 is 11.7 Å². The fourth-order valence-electron chi connectivity index (χ4n) is 4.37. The van der Waals surface area contributed by atoms with Crippen molar-refractivity contribution in [3.05, 3.63) is 23.9 Å². The number of amides is 1. The summed E-state index contributed by atoms with van der Waals surface area (Å²) in [7, 11) is 0. The standard InChI is InChI=1S/C18H26N4O/c23-18(21-15-11-13-6-7-14(12-15)20-13)16-5-4-8-19-17(16)22-9-2-1-3-10-22/h4-5,8,13-15,20H,1-3,6-7,9-12H2,(H,21,23). The molecule has 0 aliphatic carbocycles. The van der Waals surface area contributed by atoms with Crippen molar-refractivity contribution < 1.29 is 4.79 Å². The number of pyridine rings is 1. The first-order chi connectivity index (χ1) is 11.3. The van der Waals surface area contributed by atoms with Crippen LogP contribution in [-0.2, 0) is 0 Å². The van der Waals surface area contributed by atoms with Gasteiger partial charge in [-0.2, -0.15) is 0 Å². The van der Waals surface area contributed by atoms with E-state index in [1.165, 1.54) is 32.1 Å². The second-order valence-corrected chi connectivity index (χ2v) is 7.20. The van der Waals surface area contributed by atoms with Crippen LogP contribution in [0.3, 0.4) is 0 Å². The number of piperidine rings is 2. The van der Waals surface area contributed by atoms with Crippen molar-refractivity contribution in [2.24, 2.45) is 0 Å². The Morgan fingerprint density at radius 3 is 2.65 bits per heavy atom. The normalized spacial score (nSPS) is 30.3. The van der Waals surface area contributed by atoms with Crippen LogP contribution in [0.1, 0.15) is 55.3 Å². The molecule has 3 aliphatic heterocycles. The lowest BCUT2D eigenvalue weighted by molar-refractivity contribution is 0.0924. The van der Waals surface area contributed by atoms with Crippen molar-refractivity contribution in [3.63, 3.8) is 0 Å². The van der Waals surface area contributed by atoms with Gasteiger partial charge in [-0.05, 0) is 57.1 Å². The van der Waals surface area contributed by atoms with E-state index < -0.39 is 0 Å². The molecule has 3 saturated heterocycles. The average molecular weight is 314 g/mol. The highest BCUT2D eigenvalue weighted by Gasteiger charge is 2.34. The molecule has 0 aromatic carbocycles. The zero-order chi connectivity index (χ0) is 15.6. The number of nitrogens with one attached hydrogen (secondary N) is 2. The van der Waals surface area contributed by atoms with Crippen LogP contribution in [0.4, 0.5) is 5.82 Å². The number of anilines is 1. The first kappa shape index (κ1) is 14.9. The molecule has 3 fully saturated rings. The highest BCUT2D eigenvalue weighted by molar-refractivity contribution is 5.99. The van der Waals surface area contributed by atoms with E-state index in [4.69, 9.17) is 0 Å². The van der Waals surface area contributed by atoms with Gasteiger partial charge in [0.2, 0.25) is 0 Å². The summed E-state index contributed by atoms with van der Waals surface area (Å²) < 4.78 is 0. The molecule has 2 N–H and O–H groups in total. The quantitative estimate of drug-likeness (QED) is 0.897. The van der Waals surface area contributed by atoms with Crippen LogP contribution >= 0.6 is 0 Å². The second kappa shape index (κ2) is 6.48. The number of rotatable bonds is 3. The molecule has 5 nitrogen and oxygen atoms in total. The van der Waals surface area contributed by atoms with E-state index in [-0.39, 0.29) is 5.91 Å². The van der Waals surface area contributed by atoms with E-state index in [9.17, 15) is 4.79 Å². The van der Waals surface area contributed by atoms with Crippen LogP contribution in [0.5, 0.6) is 0 Å². The molecule has 2 unspecified atom stereocenters. The van der Waals surface area contributed by atoms with E-state index in [0.717, 1.165) is 37.3 Å². The smallest absolute Gasteiger partial charge is 0.255 e. The fourth-order valence-corrected chi connectivity index (χ4v) is 4.37. The zero-order valence-corrected chi connectivity index (χ0v) is 13.6. The molecule has 1 amide bonds. The SMILES string of the molecule is O=C(NC1CC2CCC(C1)N2)c1cccnc1N1CCCCC1. The fraction of sp³-hybridized carbons (Fsp3) is 0.667. The van der Waals surface area contributed by atoms with Gasteiger partial charge in [-0.1, -0.05) is 0 Å².